The fourth-order valence-electron chi connectivity index (χ4n) is 1.14. The molecule has 11 heavy (non-hydrogen) atoms. The summed E-state index contributed by atoms with van der Waals surface area (Å²) in [6, 6.07) is 3.09. The van der Waals surface area contributed by atoms with Gasteiger partial charge in [0.2, 0.25) is 0 Å². The predicted molar refractivity (Wildman–Crippen MR) is 48.9 cm³/mol. The van der Waals surface area contributed by atoms with Crippen molar-refractivity contribution < 1.29 is 0 Å². The fourth-order valence-corrected chi connectivity index (χ4v) is 1.85. The molecule has 1 heterocycles. The van der Waals surface area contributed by atoms with Crippen LogP contribution >= 0.6 is 11.3 Å². The minimum absolute atomic E-state index is 0.829. The zero-order valence-electron chi connectivity index (χ0n) is 6.76. The average Bonchev–Trinajstić information content (AvgIpc) is 2.72. The molecule has 0 saturated heterocycles. The lowest BCUT2D eigenvalue weighted by Crippen LogP contribution is -2.14. The lowest BCUT2D eigenvalue weighted by molar-refractivity contribution is 0.689. The van der Waals surface area contributed by atoms with E-state index >= 15 is 0 Å². The van der Waals surface area contributed by atoms with Crippen molar-refractivity contribution in [3.63, 3.8) is 0 Å². The summed E-state index contributed by atoms with van der Waals surface area (Å²) in [4.78, 5) is 1.41. The van der Waals surface area contributed by atoms with Crippen LogP contribution in [0.1, 0.15) is 23.3 Å². The Bertz CT molecular complexity index is 237. The molecular formula is C9H13NS. The average molecular weight is 167 g/mol. The van der Waals surface area contributed by atoms with E-state index in [9.17, 15) is 0 Å². The second-order valence-electron chi connectivity index (χ2n) is 3.22. The van der Waals surface area contributed by atoms with Crippen LogP contribution in [0.4, 0.5) is 0 Å². The first-order chi connectivity index (χ1) is 5.34. The van der Waals surface area contributed by atoms with Crippen LogP contribution in [0.15, 0.2) is 11.4 Å². The van der Waals surface area contributed by atoms with Gasteiger partial charge in [0.15, 0.2) is 0 Å². The van der Waals surface area contributed by atoms with Gasteiger partial charge < -0.3 is 5.32 Å². The Morgan fingerprint density at radius 3 is 3.00 bits per heavy atom. The molecule has 60 valence electrons. The molecule has 1 fully saturated rings. The van der Waals surface area contributed by atoms with Crippen LogP contribution in [0.3, 0.4) is 0 Å². The Labute approximate surface area is 71.4 Å². The molecule has 0 radical (unpaired) electrons. The fraction of sp³-hybridized carbons (Fsp3) is 0.556. The molecule has 1 N–H and O–H groups in total. The minimum atomic E-state index is 0.829. The summed E-state index contributed by atoms with van der Waals surface area (Å²) in [6.07, 6.45) is 2.76. The lowest BCUT2D eigenvalue weighted by atomic mass is 10.3. The van der Waals surface area contributed by atoms with Gasteiger partial charge in [0.25, 0.3) is 0 Å². The summed E-state index contributed by atoms with van der Waals surface area (Å²) < 4.78 is 0. The van der Waals surface area contributed by atoms with Gasteiger partial charge in [0.05, 0.1) is 0 Å². The highest BCUT2D eigenvalue weighted by molar-refractivity contribution is 7.10. The van der Waals surface area contributed by atoms with Gasteiger partial charge in [-0.25, -0.2) is 0 Å². The van der Waals surface area contributed by atoms with Crippen molar-refractivity contribution in [1.29, 1.82) is 0 Å². The SMILES string of the molecule is Cc1cc(CNC2CC2)cs1. The molecule has 1 aromatic rings. The second-order valence-corrected chi connectivity index (χ2v) is 4.34. The quantitative estimate of drug-likeness (QED) is 0.728. The summed E-state index contributed by atoms with van der Waals surface area (Å²) in [7, 11) is 0. The number of hydrogen-bond donors (Lipinski definition) is 1. The smallest absolute Gasteiger partial charge is 0.0216 e. The maximum absolute atomic E-state index is 3.49. The van der Waals surface area contributed by atoms with E-state index in [1.807, 2.05) is 11.3 Å². The Morgan fingerprint density at radius 1 is 1.64 bits per heavy atom. The first kappa shape index (κ1) is 7.32. The van der Waals surface area contributed by atoms with E-state index in [1.165, 1.54) is 23.3 Å². The molecule has 0 bridgehead atoms. The Morgan fingerprint density at radius 2 is 2.45 bits per heavy atom. The van der Waals surface area contributed by atoms with E-state index in [1.54, 1.807) is 0 Å². The van der Waals surface area contributed by atoms with Crippen LogP contribution in [-0.2, 0) is 6.54 Å². The number of aryl methyl sites for hydroxylation is 1. The van der Waals surface area contributed by atoms with E-state index < -0.39 is 0 Å². The normalized spacial score (nSPS) is 17.2. The molecule has 2 heteroatoms. The highest BCUT2D eigenvalue weighted by Crippen LogP contribution is 2.20. The van der Waals surface area contributed by atoms with Crippen molar-refractivity contribution in [2.75, 3.05) is 0 Å². The van der Waals surface area contributed by atoms with E-state index in [-0.39, 0.29) is 0 Å². The molecule has 0 aromatic carbocycles. The molecule has 1 aliphatic rings. The molecule has 2 rings (SSSR count). The highest BCUT2D eigenvalue weighted by atomic mass is 32.1. The van der Waals surface area contributed by atoms with Crippen LogP contribution in [0, 0.1) is 6.92 Å². The molecule has 1 aliphatic carbocycles. The van der Waals surface area contributed by atoms with Crippen molar-refractivity contribution >= 4 is 11.3 Å². The van der Waals surface area contributed by atoms with Crippen LogP contribution in [0.2, 0.25) is 0 Å². The zero-order valence-corrected chi connectivity index (χ0v) is 7.58. The van der Waals surface area contributed by atoms with E-state index in [0.717, 1.165) is 12.6 Å². The molecule has 1 saturated carbocycles. The molecule has 0 aliphatic heterocycles. The second kappa shape index (κ2) is 2.95. The molecule has 0 atom stereocenters. The van der Waals surface area contributed by atoms with Gasteiger partial charge >= 0.3 is 0 Å². The maximum atomic E-state index is 3.49. The third-order valence-corrected chi connectivity index (χ3v) is 2.87. The van der Waals surface area contributed by atoms with Crippen LogP contribution in [0.25, 0.3) is 0 Å². The molecule has 1 nitrogen and oxygen atoms in total. The minimum Gasteiger partial charge on any atom is -0.310 e. The van der Waals surface area contributed by atoms with Gasteiger partial charge in [-0.2, -0.15) is 0 Å². The van der Waals surface area contributed by atoms with Gasteiger partial charge in [-0.15, -0.1) is 11.3 Å². The van der Waals surface area contributed by atoms with Gasteiger partial charge in [0.1, 0.15) is 0 Å². The summed E-state index contributed by atoms with van der Waals surface area (Å²) in [5.74, 6) is 0. The largest absolute Gasteiger partial charge is 0.310 e. The van der Waals surface area contributed by atoms with Crippen molar-refractivity contribution in [2.45, 2.75) is 32.4 Å². The van der Waals surface area contributed by atoms with E-state index in [2.05, 4.69) is 23.7 Å². The van der Waals surface area contributed by atoms with Crippen molar-refractivity contribution in [1.82, 2.24) is 5.32 Å². The van der Waals surface area contributed by atoms with Gasteiger partial charge in [-0.05, 0) is 36.8 Å². The molecular weight excluding hydrogens is 154 g/mol. The zero-order chi connectivity index (χ0) is 7.68. The van der Waals surface area contributed by atoms with Gasteiger partial charge in [-0.1, -0.05) is 0 Å². The van der Waals surface area contributed by atoms with Crippen LogP contribution in [0.5, 0.6) is 0 Å². The summed E-state index contributed by atoms with van der Waals surface area (Å²) >= 11 is 1.84. The molecule has 0 spiro atoms. The summed E-state index contributed by atoms with van der Waals surface area (Å²) in [5, 5.41) is 5.73. The van der Waals surface area contributed by atoms with Crippen LogP contribution < -0.4 is 5.32 Å². The van der Waals surface area contributed by atoms with Crippen molar-refractivity contribution in [2.24, 2.45) is 0 Å². The molecule has 0 unspecified atom stereocenters. The Hall–Kier alpha value is -0.340. The maximum Gasteiger partial charge on any atom is 0.0216 e. The first-order valence-electron chi connectivity index (χ1n) is 4.12. The Balaban J connectivity index is 1.85. The van der Waals surface area contributed by atoms with Crippen molar-refractivity contribution in [3.8, 4) is 0 Å². The van der Waals surface area contributed by atoms with E-state index in [0.29, 0.717) is 0 Å². The van der Waals surface area contributed by atoms with Crippen LogP contribution in [-0.4, -0.2) is 6.04 Å². The number of rotatable bonds is 3. The monoisotopic (exact) mass is 167 g/mol. The molecule has 0 amide bonds. The highest BCUT2D eigenvalue weighted by Gasteiger charge is 2.19. The number of nitrogens with one attached hydrogen (secondary N) is 1. The topological polar surface area (TPSA) is 12.0 Å². The summed E-state index contributed by atoms with van der Waals surface area (Å²) in [5.41, 5.74) is 1.44. The van der Waals surface area contributed by atoms with Crippen molar-refractivity contribution in [3.05, 3.63) is 21.9 Å². The predicted octanol–water partition coefficient (Wildman–Crippen LogP) is 2.31. The Kier molecular flexibility index (Phi) is 1.96. The molecule has 1 aromatic heterocycles. The standard InChI is InChI=1S/C9H13NS/c1-7-4-8(6-11-7)5-10-9-2-3-9/h4,6,9-10H,2-3,5H2,1H3. The van der Waals surface area contributed by atoms with Gasteiger partial charge in [0, 0.05) is 17.5 Å². The number of hydrogen-bond acceptors (Lipinski definition) is 2. The lowest BCUT2D eigenvalue weighted by Gasteiger charge is -1.97. The number of thiophene rings is 1. The van der Waals surface area contributed by atoms with E-state index in [4.69, 9.17) is 0 Å². The summed E-state index contributed by atoms with van der Waals surface area (Å²) in [6.45, 7) is 3.22. The third kappa shape index (κ3) is 2.04. The first-order valence-corrected chi connectivity index (χ1v) is 5.00. The third-order valence-electron chi connectivity index (χ3n) is 1.96. The van der Waals surface area contributed by atoms with Gasteiger partial charge in [-0.3, -0.25) is 0 Å².